The van der Waals surface area contributed by atoms with Crippen molar-refractivity contribution in [2.45, 2.75) is 19.4 Å². The molecule has 158 valence electrons. The molecule has 0 heterocycles. The molecule has 0 saturated carbocycles. The van der Waals surface area contributed by atoms with E-state index < -0.39 is 18.0 Å². The molecule has 0 bridgehead atoms. The molecule has 1 atom stereocenters. The van der Waals surface area contributed by atoms with E-state index in [1.807, 2.05) is 12.1 Å². The number of carbonyl (C=O) groups is 2. The van der Waals surface area contributed by atoms with Crippen LogP contribution in [0.5, 0.6) is 17.2 Å². The fraction of sp³-hybridized carbons (Fsp3) is 0.318. The van der Waals surface area contributed by atoms with Gasteiger partial charge in [-0.15, -0.1) is 0 Å². The molecule has 0 aliphatic heterocycles. The first-order valence-electron chi connectivity index (χ1n) is 9.21. The van der Waals surface area contributed by atoms with Gasteiger partial charge in [-0.3, -0.25) is 4.79 Å². The Hall–Kier alpha value is -3.73. The summed E-state index contributed by atoms with van der Waals surface area (Å²) < 4.78 is 21.2. The fourth-order valence-corrected chi connectivity index (χ4v) is 2.89. The monoisotopic (exact) mass is 412 g/mol. The number of hydrogen-bond donors (Lipinski definition) is 0. The van der Waals surface area contributed by atoms with Crippen molar-refractivity contribution in [3.63, 3.8) is 0 Å². The molecule has 0 aromatic heterocycles. The average Bonchev–Trinajstić information content (AvgIpc) is 2.78. The summed E-state index contributed by atoms with van der Waals surface area (Å²) in [5.41, 5.74) is 0.711. The number of nitriles is 1. The molecule has 2 rings (SSSR count). The van der Waals surface area contributed by atoms with Crippen LogP contribution in [0.1, 0.15) is 23.7 Å². The molecule has 0 aliphatic carbocycles. The first-order chi connectivity index (χ1) is 14.5. The highest BCUT2D eigenvalue weighted by atomic mass is 16.6. The molecule has 0 N–H and O–H groups in total. The van der Waals surface area contributed by atoms with E-state index in [2.05, 4.69) is 0 Å². The molecule has 0 saturated heterocycles. The summed E-state index contributed by atoms with van der Waals surface area (Å²) in [6.07, 6.45) is -0.945. The van der Waals surface area contributed by atoms with Crippen molar-refractivity contribution in [3.8, 4) is 23.3 Å². The molecule has 1 unspecified atom stereocenters. The summed E-state index contributed by atoms with van der Waals surface area (Å²) in [5, 5.41) is 8.92. The number of rotatable bonds is 9. The first-order valence-corrected chi connectivity index (χ1v) is 9.21. The molecule has 8 heteroatoms. The van der Waals surface area contributed by atoms with Crippen LogP contribution in [0, 0.1) is 11.3 Å². The number of anilines is 1. The second-order valence-corrected chi connectivity index (χ2v) is 6.16. The highest BCUT2D eigenvalue weighted by molar-refractivity contribution is 6.00. The van der Waals surface area contributed by atoms with E-state index >= 15 is 0 Å². The normalized spacial score (nSPS) is 11.0. The van der Waals surface area contributed by atoms with Crippen LogP contribution >= 0.6 is 0 Å². The number of esters is 1. The minimum absolute atomic E-state index is 0.0954. The summed E-state index contributed by atoms with van der Waals surface area (Å²) in [7, 11) is 4.28. The number of benzene rings is 2. The van der Waals surface area contributed by atoms with Gasteiger partial charge in [-0.25, -0.2) is 4.79 Å². The molecular formula is C22H24N2O6. The zero-order valence-corrected chi connectivity index (χ0v) is 17.4. The van der Waals surface area contributed by atoms with Crippen molar-refractivity contribution >= 4 is 17.6 Å². The number of carbonyl (C=O) groups excluding carboxylic acids is 2. The fourth-order valence-electron chi connectivity index (χ4n) is 2.89. The van der Waals surface area contributed by atoms with Gasteiger partial charge in [0.1, 0.15) is 5.56 Å². The van der Waals surface area contributed by atoms with Crippen molar-refractivity contribution in [1.82, 2.24) is 0 Å². The van der Waals surface area contributed by atoms with E-state index in [0.717, 1.165) is 0 Å². The van der Waals surface area contributed by atoms with Crippen LogP contribution in [0.15, 0.2) is 42.5 Å². The van der Waals surface area contributed by atoms with Gasteiger partial charge in [0.25, 0.3) is 5.91 Å². The van der Waals surface area contributed by atoms with Gasteiger partial charge in [0.15, 0.2) is 17.6 Å². The zero-order valence-electron chi connectivity index (χ0n) is 17.4. The molecule has 1 amide bonds. The molecule has 2 aromatic rings. The van der Waals surface area contributed by atoms with Gasteiger partial charge < -0.3 is 23.8 Å². The highest BCUT2D eigenvalue weighted by Gasteiger charge is 2.28. The topological polar surface area (TPSA) is 98.1 Å². The summed E-state index contributed by atoms with van der Waals surface area (Å²) in [4.78, 5) is 27.1. The number of nitrogens with zero attached hydrogens (tertiary/aromatic N) is 2. The third-order valence-corrected chi connectivity index (χ3v) is 4.34. The number of methoxy groups -OCH3 is 3. The summed E-state index contributed by atoms with van der Waals surface area (Å²) in [6, 6.07) is 13.9. The van der Waals surface area contributed by atoms with Crippen LogP contribution in [0.25, 0.3) is 0 Å². The standard InChI is InChI=1S/C22H24N2O6/c1-15(21(25)24(14-8-13-23)16-9-6-5-7-10-16)30-22(26)17-11-12-18(27-2)20(29-4)19(17)28-3/h5-7,9-12,15H,8,14H2,1-4H3. The van der Waals surface area contributed by atoms with Crippen LogP contribution in [-0.4, -0.2) is 45.9 Å². The van der Waals surface area contributed by atoms with Gasteiger partial charge in [-0.1, -0.05) is 18.2 Å². The lowest BCUT2D eigenvalue weighted by Crippen LogP contribution is -2.40. The molecular weight excluding hydrogens is 388 g/mol. The SMILES string of the molecule is COc1ccc(C(=O)OC(C)C(=O)N(CCC#N)c2ccccc2)c(OC)c1OC. The summed E-state index contributed by atoms with van der Waals surface area (Å²) in [5.74, 6) is -0.410. The van der Waals surface area contributed by atoms with E-state index in [1.165, 1.54) is 39.2 Å². The van der Waals surface area contributed by atoms with Gasteiger partial charge in [0, 0.05) is 12.2 Å². The number of ether oxygens (including phenoxy) is 4. The van der Waals surface area contributed by atoms with Gasteiger partial charge in [0.05, 0.1) is 33.8 Å². The van der Waals surface area contributed by atoms with E-state index in [4.69, 9.17) is 24.2 Å². The van der Waals surface area contributed by atoms with Crippen LogP contribution in [0.4, 0.5) is 5.69 Å². The maximum Gasteiger partial charge on any atom is 0.342 e. The maximum atomic E-state index is 13.0. The zero-order chi connectivity index (χ0) is 22.1. The Morgan fingerprint density at radius 1 is 1.00 bits per heavy atom. The molecule has 0 spiro atoms. The van der Waals surface area contributed by atoms with Crippen molar-refractivity contribution in [1.29, 1.82) is 5.26 Å². The molecule has 0 aliphatic rings. The van der Waals surface area contributed by atoms with E-state index in [1.54, 1.807) is 30.3 Å². The van der Waals surface area contributed by atoms with Gasteiger partial charge in [-0.2, -0.15) is 5.26 Å². The van der Waals surface area contributed by atoms with Crippen LogP contribution in [-0.2, 0) is 9.53 Å². The molecule has 8 nitrogen and oxygen atoms in total. The minimum Gasteiger partial charge on any atom is -0.493 e. The second-order valence-electron chi connectivity index (χ2n) is 6.16. The predicted octanol–water partition coefficient (Wildman–Crippen LogP) is 3.20. The van der Waals surface area contributed by atoms with Crippen LogP contribution < -0.4 is 19.1 Å². The van der Waals surface area contributed by atoms with Gasteiger partial charge in [-0.05, 0) is 31.2 Å². The van der Waals surface area contributed by atoms with Gasteiger partial charge in [0.2, 0.25) is 5.75 Å². The first kappa shape index (κ1) is 22.6. The average molecular weight is 412 g/mol. The number of amides is 1. The Bertz CT molecular complexity index is 923. The van der Waals surface area contributed by atoms with Crippen molar-refractivity contribution < 1.29 is 28.5 Å². The number of hydrogen-bond acceptors (Lipinski definition) is 7. The quantitative estimate of drug-likeness (QED) is 0.583. The number of para-hydroxylation sites is 1. The Morgan fingerprint density at radius 2 is 1.67 bits per heavy atom. The maximum absolute atomic E-state index is 13.0. The van der Waals surface area contributed by atoms with E-state index in [-0.39, 0.29) is 30.0 Å². The minimum atomic E-state index is -1.09. The third kappa shape index (κ3) is 5.00. The largest absolute Gasteiger partial charge is 0.493 e. The summed E-state index contributed by atoms with van der Waals surface area (Å²) in [6.45, 7) is 1.66. The lowest BCUT2D eigenvalue weighted by Gasteiger charge is -2.25. The van der Waals surface area contributed by atoms with Gasteiger partial charge >= 0.3 is 5.97 Å². The third-order valence-electron chi connectivity index (χ3n) is 4.34. The van der Waals surface area contributed by atoms with Crippen LogP contribution in [0.3, 0.4) is 0 Å². The van der Waals surface area contributed by atoms with E-state index in [9.17, 15) is 9.59 Å². The van der Waals surface area contributed by atoms with Crippen molar-refractivity contribution in [2.24, 2.45) is 0 Å². The predicted molar refractivity (Wildman–Crippen MR) is 110 cm³/mol. The molecule has 0 fully saturated rings. The smallest absolute Gasteiger partial charge is 0.342 e. The molecule has 2 aromatic carbocycles. The Balaban J connectivity index is 2.25. The van der Waals surface area contributed by atoms with E-state index in [0.29, 0.717) is 11.4 Å². The lowest BCUT2D eigenvalue weighted by molar-refractivity contribution is -0.126. The van der Waals surface area contributed by atoms with Crippen LogP contribution in [0.2, 0.25) is 0 Å². The van der Waals surface area contributed by atoms with Crippen molar-refractivity contribution in [2.75, 3.05) is 32.8 Å². The highest BCUT2D eigenvalue weighted by Crippen LogP contribution is 2.40. The van der Waals surface area contributed by atoms with Crippen molar-refractivity contribution in [3.05, 3.63) is 48.0 Å². The molecule has 0 radical (unpaired) electrons. The Kier molecular flexibility index (Phi) is 8.06. The second kappa shape index (κ2) is 10.7. The lowest BCUT2D eigenvalue weighted by atomic mass is 10.1. The summed E-state index contributed by atoms with van der Waals surface area (Å²) >= 11 is 0. The Labute approximate surface area is 175 Å². The molecule has 30 heavy (non-hydrogen) atoms. The Morgan fingerprint density at radius 3 is 2.23 bits per heavy atom.